The third-order valence-electron chi connectivity index (χ3n) is 5.70. The van der Waals surface area contributed by atoms with E-state index in [4.69, 9.17) is 18.9 Å². The molecule has 0 spiro atoms. The fourth-order valence-corrected chi connectivity index (χ4v) is 3.73. The van der Waals surface area contributed by atoms with Crippen LogP contribution in [0.5, 0.6) is 0 Å². The molecule has 0 fully saturated rings. The van der Waals surface area contributed by atoms with Gasteiger partial charge in [0.25, 0.3) is 0 Å². The van der Waals surface area contributed by atoms with Crippen molar-refractivity contribution in [3.63, 3.8) is 0 Å². The molecular formula is C27H34O10. The molecule has 1 aromatic rings. The maximum Gasteiger partial charge on any atom is 0.311 e. The molecule has 2 rings (SSSR count). The number of allylic oxidation sites excluding steroid dienone is 4. The van der Waals surface area contributed by atoms with Crippen molar-refractivity contribution in [3.05, 3.63) is 60.2 Å². The molecule has 37 heavy (non-hydrogen) atoms. The summed E-state index contributed by atoms with van der Waals surface area (Å²) >= 11 is 0. The SMILES string of the molecule is CC(COCCOC(=O)CC(C(=O)O)C1C=CC=CC1)OCCOC(=O)CC(C(=O)O)c1ccccc1. The molecule has 10 heteroatoms. The smallest absolute Gasteiger partial charge is 0.311 e. The van der Waals surface area contributed by atoms with Crippen molar-refractivity contribution in [2.45, 2.75) is 38.2 Å². The molecule has 4 atom stereocenters. The zero-order chi connectivity index (χ0) is 27.0. The van der Waals surface area contributed by atoms with Crippen molar-refractivity contribution in [3.8, 4) is 0 Å². The van der Waals surface area contributed by atoms with Crippen LogP contribution >= 0.6 is 0 Å². The lowest BCUT2D eigenvalue weighted by Gasteiger charge is -2.20. The van der Waals surface area contributed by atoms with Crippen LogP contribution in [0.2, 0.25) is 0 Å². The first-order valence-corrected chi connectivity index (χ1v) is 12.1. The molecule has 0 amide bonds. The Labute approximate surface area is 215 Å². The number of rotatable bonds is 17. The Morgan fingerprint density at radius 1 is 0.892 bits per heavy atom. The highest BCUT2D eigenvalue weighted by Crippen LogP contribution is 2.25. The van der Waals surface area contributed by atoms with E-state index >= 15 is 0 Å². The van der Waals surface area contributed by atoms with Gasteiger partial charge in [0.15, 0.2) is 0 Å². The largest absolute Gasteiger partial charge is 0.481 e. The summed E-state index contributed by atoms with van der Waals surface area (Å²) < 4.78 is 21.1. The van der Waals surface area contributed by atoms with Crippen molar-refractivity contribution in [1.29, 1.82) is 0 Å². The molecule has 202 valence electrons. The molecule has 0 saturated heterocycles. The third-order valence-corrected chi connectivity index (χ3v) is 5.70. The second-order valence-corrected chi connectivity index (χ2v) is 8.56. The summed E-state index contributed by atoms with van der Waals surface area (Å²) in [5, 5.41) is 18.8. The molecule has 0 saturated carbocycles. The molecule has 0 radical (unpaired) electrons. The monoisotopic (exact) mass is 518 g/mol. The second-order valence-electron chi connectivity index (χ2n) is 8.56. The summed E-state index contributed by atoms with van der Waals surface area (Å²) in [5.74, 6) is -5.43. The van der Waals surface area contributed by atoms with Crippen LogP contribution in [0, 0.1) is 11.8 Å². The van der Waals surface area contributed by atoms with E-state index in [1.165, 1.54) is 0 Å². The van der Waals surface area contributed by atoms with Gasteiger partial charge in [0.2, 0.25) is 0 Å². The minimum Gasteiger partial charge on any atom is -0.481 e. The van der Waals surface area contributed by atoms with Gasteiger partial charge in [-0.3, -0.25) is 19.2 Å². The normalized spacial score (nSPS) is 16.9. The summed E-state index contributed by atoms with van der Waals surface area (Å²) in [6.45, 7) is 2.15. The number of hydrogen-bond acceptors (Lipinski definition) is 8. The number of ether oxygens (including phenoxy) is 4. The van der Waals surface area contributed by atoms with Gasteiger partial charge < -0.3 is 29.2 Å². The van der Waals surface area contributed by atoms with Crippen LogP contribution in [0.1, 0.15) is 37.7 Å². The van der Waals surface area contributed by atoms with E-state index in [1.807, 2.05) is 12.2 Å². The number of carbonyl (C=O) groups excluding carboxylic acids is 2. The molecule has 1 aromatic carbocycles. The molecule has 0 heterocycles. The lowest BCUT2D eigenvalue weighted by Crippen LogP contribution is -2.27. The quantitative estimate of drug-likeness (QED) is 0.233. The molecule has 10 nitrogen and oxygen atoms in total. The highest BCUT2D eigenvalue weighted by Gasteiger charge is 2.29. The molecule has 0 aromatic heterocycles. The summed E-state index contributed by atoms with van der Waals surface area (Å²) in [7, 11) is 0. The van der Waals surface area contributed by atoms with E-state index in [1.54, 1.807) is 49.4 Å². The standard InChI is InChI=1S/C27H34O10/c1-19(35-14-15-37-25(29)17-23(27(32)33)21-10-6-3-7-11-21)18-34-12-13-36-24(28)16-22(26(30)31)20-8-4-2-5-9-20/h2-8,10-11,19-20,22-23H,9,12-18H2,1H3,(H,30,31)(H,32,33). The van der Waals surface area contributed by atoms with E-state index in [-0.39, 0.29) is 57.9 Å². The van der Waals surface area contributed by atoms with Crippen LogP contribution in [0.3, 0.4) is 0 Å². The van der Waals surface area contributed by atoms with Gasteiger partial charge in [-0.2, -0.15) is 0 Å². The lowest BCUT2D eigenvalue weighted by molar-refractivity contribution is -0.154. The zero-order valence-electron chi connectivity index (χ0n) is 20.8. The van der Waals surface area contributed by atoms with Crippen LogP contribution in [0.4, 0.5) is 0 Å². The maximum absolute atomic E-state index is 12.0. The van der Waals surface area contributed by atoms with Gasteiger partial charge in [-0.1, -0.05) is 54.6 Å². The van der Waals surface area contributed by atoms with Gasteiger partial charge in [0.1, 0.15) is 13.2 Å². The van der Waals surface area contributed by atoms with Gasteiger partial charge in [-0.25, -0.2) is 0 Å². The summed E-state index contributed by atoms with van der Waals surface area (Å²) in [5.41, 5.74) is 0.528. The van der Waals surface area contributed by atoms with Crippen LogP contribution in [0.15, 0.2) is 54.6 Å². The molecule has 1 aliphatic carbocycles. The van der Waals surface area contributed by atoms with Crippen molar-refractivity contribution >= 4 is 23.9 Å². The lowest BCUT2D eigenvalue weighted by atomic mass is 9.85. The molecular weight excluding hydrogens is 484 g/mol. The number of carbonyl (C=O) groups is 4. The number of esters is 2. The second kappa shape index (κ2) is 16.3. The van der Waals surface area contributed by atoms with Crippen molar-refractivity contribution in [1.82, 2.24) is 0 Å². The van der Waals surface area contributed by atoms with Gasteiger partial charge in [-0.15, -0.1) is 0 Å². The predicted octanol–water partition coefficient (Wildman–Crippen LogP) is 2.98. The number of carboxylic acids is 2. The Morgan fingerprint density at radius 2 is 1.57 bits per heavy atom. The molecule has 1 aliphatic rings. The zero-order valence-corrected chi connectivity index (χ0v) is 20.8. The summed E-state index contributed by atoms with van der Waals surface area (Å²) in [6, 6.07) is 8.48. The molecule has 0 aliphatic heterocycles. The third kappa shape index (κ3) is 11.4. The minimum atomic E-state index is -1.10. The predicted molar refractivity (Wildman–Crippen MR) is 132 cm³/mol. The number of carboxylic acid groups (broad SMARTS) is 2. The van der Waals surface area contributed by atoms with E-state index in [0.717, 1.165) is 0 Å². The average Bonchev–Trinajstić information content (AvgIpc) is 2.88. The van der Waals surface area contributed by atoms with Gasteiger partial charge >= 0.3 is 23.9 Å². The first-order valence-electron chi connectivity index (χ1n) is 12.1. The van der Waals surface area contributed by atoms with Crippen LogP contribution in [-0.2, 0) is 38.1 Å². The summed E-state index contributed by atoms with van der Waals surface area (Å²) in [4.78, 5) is 47.0. The Bertz CT molecular complexity index is 940. The Morgan fingerprint density at radius 3 is 2.19 bits per heavy atom. The van der Waals surface area contributed by atoms with Gasteiger partial charge in [0, 0.05) is 0 Å². The van der Waals surface area contributed by atoms with Gasteiger partial charge in [0.05, 0.1) is 50.6 Å². The number of aliphatic carboxylic acids is 2. The first kappa shape index (κ1) is 29.7. The van der Waals surface area contributed by atoms with Crippen molar-refractivity contribution < 1.29 is 48.3 Å². The Hall–Kier alpha value is -3.50. The van der Waals surface area contributed by atoms with E-state index in [2.05, 4.69) is 0 Å². The first-order chi connectivity index (χ1) is 17.8. The topological polar surface area (TPSA) is 146 Å². The molecule has 2 N–H and O–H groups in total. The maximum atomic E-state index is 12.0. The highest BCUT2D eigenvalue weighted by molar-refractivity contribution is 5.83. The fourth-order valence-electron chi connectivity index (χ4n) is 3.73. The summed E-state index contributed by atoms with van der Waals surface area (Å²) in [6.07, 6.45) is 7.02. The van der Waals surface area contributed by atoms with Crippen molar-refractivity contribution in [2.75, 3.05) is 33.0 Å². The Kier molecular flexibility index (Phi) is 13.1. The van der Waals surface area contributed by atoms with Gasteiger partial charge in [-0.05, 0) is 24.8 Å². The molecule has 4 unspecified atom stereocenters. The van der Waals surface area contributed by atoms with Crippen LogP contribution in [-0.4, -0.2) is 73.2 Å². The molecule has 0 bridgehead atoms. The fraction of sp³-hybridized carbons (Fsp3) is 0.481. The van der Waals surface area contributed by atoms with Crippen LogP contribution < -0.4 is 0 Å². The Balaban J connectivity index is 1.54. The number of hydrogen-bond donors (Lipinski definition) is 2. The van der Waals surface area contributed by atoms with Crippen LogP contribution in [0.25, 0.3) is 0 Å². The highest BCUT2D eigenvalue weighted by atomic mass is 16.6. The van der Waals surface area contributed by atoms with E-state index in [0.29, 0.717) is 12.0 Å². The number of benzene rings is 1. The minimum absolute atomic E-state index is 0.0118. The van der Waals surface area contributed by atoms with Crippen molar-refractivity contribution in [2.24, 2.45) is 11.8 Å². The van der Waals surface area contributed by atoms with E-state index in [9.17, 15) is 29.4 Å². The average molecular weight is 519 g/mol. The van der Waals surface area contributed by atoms with E-state index < -0.39 is 35.7 Å².